The molecule has 16 heteroatoms. The number of hydrogen-bond acceptors (Lipinski definition) is 13. The maximum atomic E-state index is 14.1. The first-order valence-corrected chi connectivity index (χ1v) is 15.7. The average molecular weight is 648 g/mol. The maximum absolute atomic E-state index is 14.1. The van der Waals surface area contributed by atoms with Crippen molar-refractivity contribution < 1.29 is 48.1 Å². The van der Waals surface area contributed by atoms with Gasteiger partial charge < -0.3 is 35.9 Å². The summed E-state index contributed by atoms with van der Waals surface area (Å²) in [4.78, 5) is 47.9. The Kier molecular flexibility index (Phi) is 7.81. The number of Topliss-reactive ketones (excluding diaryl/α,β-unsaturated/α-hetero) is 2. The van der Waals surface area contributed by atoms with E-state index >= 15 is 0 Å². The normalized spacial score (nSPS) is 28.3. The van der Waals surface area contributed by atoms with Crippen molar-refractivity contribution in [3.05, 3.63) is 50.3 Å². The second kappa shape index (κ2) is 10.8. The van der Waals surface area contributed by atoms with Gasteiger partial charge in [-0.3, -0.25) is 19.3 Å². The summed E-state index contributed by atoms with van der Waals surface area (Å²) in [6.45, 7) is 2.71. The maximum Gasteiger partial charge on any atom is 0.255 e. The molecule has 0 radical (unpaired) electrons. The molecule has 5 rings (SSSR count). The number of aliphatic hydroxyl groups is 3. The standard InChI is InChI=1S/C29H37N5O10S/c1-11-25(12(2)44-32-11)45(42,43)31-10-14-9-17(33(3)4)15-7-13-8-16-21(34(5)6)24(37)20(28(30)40)27(39)29(16,41)26(38)18(13)23(36)19(15)22(14)35/h9,11,13,16,21,31-32,35-36,39,41H,7-8,10H2,1-6H3,(H2,30,40)/t11?,13-,16-,21-,29-/m1/s1. The van der Waals surface area contributed by atoms with E-state index in [0.29, 0.717) is 11.3 Å². The Hall–Kier alpha value is -3.96. The van der Waals surface area contributed by atoms with Crippen LogP contribution < -0.4 is 20.8 Å². The highest BCUT2D eigenvalue weighted by atomic mass is 32.2. The predicted molar refractivity (Wildman–Crippen MR) is 161 cm³/mol. The van der Waals surface area contributed by atoms with Gasteiger partial charge >= 0.3 is 0 Å². The fourth-order valence-corrected chi connectivity index (χ4v) is 8.57. The van der Waals surface area contributed by atoms with E-state index in [0.717, 1.165) is 0 Å². The highest BCUT2D eigenvalue weighted by Crippen LogP contribution is 2.54. The quantitative estimate of drug-likeness (QED) is 0.187. The summed E-state index contributed by atoms with van der Waals surface area (Å²) in [5, 5.41) is 45.9. The number of phenolic OH excluding ortho intramolecular Hbond substituents is 1. The van der Waals surface area contributed by atoms with E-state index in [4.69, 9.17) is 10.6 Å². The summed E-state index contributed by atoms with van der Waals surface area (Å²) < 4.78 is 28.7. The zero-order chi connectivity index (χ0) is 33.5. The number of nitrogens with one attached hydrogen (secondary N) is 2. The van der Waals surface area contributed by atoms with Crippen LogP contribution in [0.3, 0.4) is 0 Å². The number of amides is 1. The van der Waals surface area contributed by atoms with Crippen molar-refractivity contribution in [2.24, 2.45) is 17.6 Å². The first kappa shape index (κ1) is 32.4. The molecule has 4 aliphatic rings. The predicted octanol–water partition coefficient (Wildman–Crippen LogP) is -0.396. The van der Waals surface area contributed by atoms with Gasteiger partial charge in [-0.05, 0) is 58.3 Å². The zero-order valence-corrected chi connectivity index (χ0v) is 26.4. The summed E-state index contributed by atoms with van der Waals surface area (Å²) >= 11 is 0. The van der Waals surface area contributed by atoms with Crippen LogP contribution >= 0.6 is 0 Å². The third-order valence-electron chi connectivity index (χ3n) is 9.13. The minimum atomic E-state index is -4.07. The Labute approximate surface area is 259 Å². The van der Waals surface area contributed by atoms with Gasteiger partial charge in [-0.25, -0.2) is 13.1 Å². The van der Waals surface area contributed by atoms with Crippen LogP contribution in [0.4, 0.5) is 5.69 Å². The highest BCUT2D eigenvalue weighted by Gasteiger charge is 2.64. The molecule has 5 atom stereocenters. The van der Waals surface area contributed by atoms with Gasteiger partial charge in [0.2, 0.25) is 15.8 Å². The fourth-order valence-electron chi connectivity index (χ4n) is 7.14. The number of nitrogens with two attached hydrogens (primary N) is 1. The Morgan fingerprint density at radius 1 is 1.20 bits per heavy atom. The molecular formula is C29H37N5O10S. The van der Waals surface area contributed by atoms with Crippen LogP contribution in [0.5, 0.6) is 5.75 Å². The van der Waals surface area contributed by atoms with Gasteiger partial charge in [-0.15, -0.1) is 5.48 Å². The monoisotopic (exact) mass is 647 g/mol. The van der Waals surface area contributed by atoms with Gasteiger partial charge in [0, 0.05) is 43.4 Å². The first-order valence-electron chi connectivity index (χ1n) is 14.2. The number of rotatable bonds is 7. The number of hydroxylamine groups is 1. The summed E-state index contributed by atoms with van der Waals surface area (Å²) in [6, 6.07) is -0.247. The Morgan fingerprint density at radius 3 is 2.38 bits per heavy atom. The summed E-state index contributed by atoms with van der Waals surface area (Å²) in [7, 11) is 2.42. The van der Waals surface area contributed by atoms with E-state index in [1.165, 1.54) is 25.9 Å². The SMILES string of the molecule is CC1=C(S(=O)(=O)NCc2cc(N(C)C)c3c(c2O)C(O)=C2C(=O)[C@@]4(O)C(O)=C(C(N)=O)C(=O)[C@H](N(C)C)[C@H]4C[C@H]2C3)C(C)NO1. The first-order chi connectivity index (χ1) is 20.9. The molecule has 8 N–H and O–H groups in total. The average Bonchev–Trinajstić information content (AvgIpc) is 3.28. The van der Waals surface area contributed by atoms with Crippen molar-refractivity contribution in [2.45, 2.75) is 50.9 Å². The number of anilines is 1. The third kappa shape index (κ3) is 4.70. The van der Waals surface area contributed by atoms with Gasteiger partial charge in [-0.2, -0.15) is 0 Å². The molecular weight excluding hydrogens is 610 g/mol. The number of benzene rings is 1. The number of ketones is 2. The lowest BCUT2D eigenvalue weighted by Crippen LogP contribution is -2.65. The lowest BCUT2D eigenvalue weighted by atomic mass is 9.57. The number of likely N-dealkylation sites (N-methyl/N-ethyl adjacent to an activating group) is 1. The molecule has 0 saturated heterocycles. The molecule has 1 fully saturated rings. The minimum absolute atomic E-state index is 0.0126. The molecule has 0 spiro atoms. The fraction of sp³-hybridized carbons (Fsp3) is 0.483. The largest absolute Gasteiger partial charge is 0.508 e. The van der Waals surface area contributed by atoms with Crippen LogP contribution in [0.25, 0.3) is 5.76 Å². The summed E-state index contributed by atoms with van der Waals surface area (Å²) in [5.41, 5.74) is 4.90. The topological polar surface area (TPSA) is 232 Å². The van der Waals surface area contributed by atoms with Gasteiger partial charge in [-0.1, -0.05) is 0 Å². The minimum Gasteiger partial charge on any atom is -0.508 e. The van der Waals surface area contributed by atoms with Crippen LogP contribution in [-0.4, -0.2) is 97.1 Å². The highest BCUT2D eigenvalue weighted by molar-refractivity contribution is 7.93. The number of fused-ring (bicyclic) bond motifs is 3. The molecule has 1 heterocycles. The smallest absolute Gasteiger partial charge is 0.255 e. The number of aliphatic hydroxyl groups excluding tert-OH is 2. The number of primary amides is 1. The molecule has 3 aliphatic carbocycles. The van der Waals surface area contributed by atoms with Gasteiger partial charge in [0.25, 0.3) is 5.91 Å². The molecule has 1 aromatic carbocycles. The van der Waals surface area contributed by atoms with E-state index < -0.39 is 86.4 Å². The number of aromatic hydroxyl groups is 1. The molecule has 0 aromatic heterocycles. The zero-order valence-electron chi connectivity index (χ0n) is 25.6. The van der Waals surface area contributed by atoms with E-state index in [2.05, 4.69) is 10.2 Å². The Morgan fingerprint density at radius 2 is 1.84 bits per heavy atom. The van der Waals surface area contributed by atoms with Crippen molar-refractivity contribution >= 4 is 38.9 Å². The number of phenols is 1. The molecule has 1 aromatic rings. The summed E-state index contributed by atoms with van der Waals surface area (Å²) in [5.74, 6) is -7.41. The molecule has 1 saturated carbocycles. The van der Waals surface area contributed by atoms with Crippen LogP contribution in [-0.2, 0) is 42.2 Å². The lowest BCUT2D eigenvalue weighted by molar-refractivity contribution is -0.153. The molecule has 244 valence electrons. The van der Waals surface area contributed by atoms with Crippen molar-refractivity contribution in [3.8, 4) is 5.75 Å². The van der Waals surface area contributed by atoms with Crippen molar-refractivity contribution in [3.63, 3.8) is 0 Å². The van der Waals surface area contributed by atoms with E-state index in [-0.39, 0.29) is 40.2 Å². The molecule has 1 amide bonds. The number of sulfonamides is 1. The Bertz CT molecular complexity index is 1740. The van der Waals surface area contributed by atoms with Crippen LogP contribution in [0.15, 0.2) is 33.6 Å². The summed E-state index contributed by atoms with van der Waals surface area (Å²) in [6.07, 6.45) is 0.0396. The van der Waals surface area contributed by atoms with Crippen molar-refractivity contribution in [2.75, 3.05) is 33.1 Å². The number of hydrogen-bond donors (Lipinski definition) is 7. The Balaban J connectivity index is 1.65. The van der Waals surface area contributed by atoms with Crippen LogP contribution in [0.2, 0.25) is 0 Å². The second-order valence-corrected chi connectivity index (χ2v) is 14.0. The molecule has 15 nitrogen and oxygen atoms in total. The van der Waals surface area contributed by atoms with Gasteiger partial charge in [0.1, 0.15) is 33.5 Å². The molecule has 45 heavy (non-hydrogen) atoms. The molecule has 1 unspecified atom stereocenters. The van der Waals surface area contributed by atoms with Crippen LogP contribution in [0, 0.1) is 11.8 Å². The van der Waals surface area contributed by atoms with Crippen molar-refractivity contribution in [1.29, 1.82) is 0 Å². The van der Waals surface area contributed by atoms with Gasteiger partial charge in [0.05, 0.1) is 17.6 Å². The van der Waals surface area contributed by atoms with E-state index in [1.807, 2.05) is 0 Å². The third-order valence-corrected chi connectivity index (χ3v) is 10.9. The number of carbonyl (C=O) groups is 3. The van der Waals surface area contributed by atoms with E-state index in [1.54, 1.807) is 32.0 Å². The number of allylic oxidation sites excluding steroid dienone is 1. The van der Waals surface area contributed by atoms with Gasteiger partial charge in [0.15, 0.2) is 11.4 Å². The number of nitrogens with zero attached hydrogens (tertiary/aromatic N) is 2. The molecule has 1 aliphatic heterocycles. The van der Waals surface area contributed by atoms with Crippen LogP contribution in [0.1, 0.15) is 37.0 Å². The molecule has 0 bridgehead atoms. The van der Waals surface area contributed by atoms with Crippen molar-refractivity contribution in [1.82, 2.24) is 15.1 Å². The number of carbonyl (C=O) groups excluding carboxylic acids is 3. The van der Waals surface area contributed by atoms with E-state index in [9.17, 15) is 43.2 Å². The lowest BCUT2D eigenvalue weighted by Gasteiger charge is -2.50. The second-order valence-electron chi connectivity index (χ2n) is 12.3.